The predicted molar refractivity (Wildman–Crippen MR) is 113 cm³/mol. The average molecular weight is 399 g/mol. The first-order valence-corrected chi connectivity index (χ1v) is 10.00. The third-order valence-electron chi connectivity index (χ3n) is 4.77. The van der Waals surface area contributed by atoms with Crippen molar-refractivity contribution in [2.24, 2.45) is 0 Å². The molecule has 156 valence electrons. The van der Waals surface area contributed by atoms with Gasteiger partial charge in [0.15, 0.2) is 12.7 Å². The van der Waals surface area contributed by atoms with E-state index in [-0.39, 0.29) is 6.61 Å². The van der Waals surface area contributed by atoms with Crippen molar-refractivity contribution < 1.29 is 19.1 Å². The second kappa shape index (κ2) is 11.1. The molecule has 0 fully saturated rings. The topological polar surface area (TPSA) is 76.7 Å². The van der Waals surface area contributed by atoms with Crippen molar-refractivity contribution >= 4 is 11.8 Å². The molecule has 0 bridgehead atoms. The van der Waals surface area contributed by atoms with Crippen LogP contribution >= 0.6 is 0 Å². The number of ether oxygens (including phenoxy) is 2. The summed E-state index contributed by atoms with van der Waals surface area (Å²) in [6, 6.07) is 15.2. The molecule has 2 rings (SSSR count). The van der Waals surface area contributed by atoms with Gasteiger partial charge in [-0.25, -0.2) is 0 Å². The van der Waals surface area contributed by atoms with E-state index in [1.54, 1.807) is 6.92 Å². The number of amides is 2. The zero-order valence-corrected chi connectivity index (χ0v) is 17.5. The molecule has 2 N–H and O–H groups in total. The van der Waals surface area contributed by atoms with Gasteiger partial charge in [-0.15, -0.1) is 0 Å². The minimum absolute atomic E-state index is 0.198. The molecule has 2 aromatic carbocycles. The third-order valence-corrected chi connectivity index (χ3v) is 4.77. The number of carbonyl (C=O) groups excluding carboxylic acids is 2. The van der Waals surface area contributed by atoms with Gasteiger partial charge < -0.3 is 9.47 Å². The van der Waals surface area contributed by atoms with Crippen LogP contribution in [0.3, 0.4) is 0 Å². The molecule has 0 aromatic heterocycles. The Morgan fingerprint density at radius 2 is 1.52 bits per heavy atom. The number of aryl methyl sites for hydroxylation is 1. The van der Waals surface area contributed by atoms with Crippen LogP contribution in [0.25, 0.3) is 0 Å². The summed E-state index contributed by atoms with van der Waals surface area (Å²) in [5.41, 5.74) is 7.10. The highest BCUT2D eigenvalue weighted by Gasteiger charge is 2.15. The van der Waals surface area contributed by atoms with Crippen molar-refractivity contribution in [2.75, 3.05) is 6.61 Å². The van der Waals surface area contributed by atoms with Gasteiger partial charge in [0.2, 0.25) is 0 Å². The molecule has 2 atom stereocenters. The van der Waals surface area contributed by atoms with Crippen molar-refractivity contribution in [2.45, 2.75) is 52.6 Å². The molecule has 0 aliphatic rings. The Balaban J connectivity index is 1.72. The molecule has 0 spiro atoms. The van der Waals surface area contributed by atoms with Gasteiger partial charge in [-0.3, -0.25) is 20.4 Å². The largest absolute Gasteiger partial charge is 0.484 e. The Kier molecular flexibility index (Phi) is 8.52. The lowest BCUT2D eigenvalue weighted by molar-refractivity contribution is -0.133. The zero-order valence-electron chi connectivity index (χ0n) is 17.5. The van der Waals surface area contributed by atoms with E-state index < -0.39 is 17.9 Å². The van der Waals surface area contributed by atoms with Crippen LogP contribution in [0.2, 0.25) is 0 Å². The maximum Gasteiger partial charge on any atom is 0.279 e. The maximum atomic E-state index is 12.1. The molecular formula is C23H30N2O4. The monoisotopic (exact) mass is 398 g/mol. The molecule has 0 unspecified atom stereocenters. The van der Waals surface area contributed by atoms with Gasteiger partial charge in [0, 0.05) is 0 Å². The van der Waals surface area contributed by atoms with Crippen LogP contribution in [-0.4, -0.2) is 24.5 Å². The molecule has 0 aliphatic carbocycles. The van der Waals surface area contributed by atoms with Crippen molar-refractivity contribution in [1.82, 2.24) is 10.9 Å². The smallest absolute Gasteiger partial charge is 0.279 e. The van der Waals surface area contributed by atoms with Gasteiger partial charge in [-0.05, 0) is 61.1 Å². The Bertz CT molecular complexity index is 788. The number of hydrogen-bond donors (Lipinski definition) is 2. The molecule has 0 aliphatic heterocycles. The highest BCUT2D eigenvalue weighted by Crippen LogP contribution is 2.21. The second-order valence-electron chi connectivity index (χ2n) is 6.96. The molecule has 6 heteroatoms. The molecule has 0 radical (unpaired) electrons. The lowest BCUT2D eigenvalue weighted by atomic mass is 9.99. The molecule has 2 aromatic rings. The summed E-state index contributed by atoms with van der Waals surface area (Å²) in [5.74, 6) is 0.780. The first-order chi connectivity index (χ1) is 13.9. The van der Waals surface area contributed by atoms with Crippen LogP contribution in [0, 0.1) is 0 Å². The van der Waals surface area contributed by atoms with Gasteiger partial charge >= 0.3 is 0 Å². The summed E-state index contributed by atoms with van der Waals surface area (Å²) in [6.07, 6.45) is 1.25. The summed E-state index contributed by atoms with van der Waals surface area (Å²) in [6.45, 7) is 7.79. The second-order valence-corrected chi connectivity index (χ2v) is 6.96. The van der Waals surface area contributed by atoms with Crippen LogP contribution in [0.15, 0.2) is 48.5 Å². The Hall–Kier alpha value is -3.02. The molecular weight excluding hydrogens is 368 g/mol. The van der Waals surface area contributed by atoms with Crippen molar-refractivity contribution in [3.05, 3.63) is 59.7 Å². The molecule has 29 heavy (non-hydrogen) atoms. The number of carbonyl (C=O) groups is 2. The summed E-state index contributed by atoms with van der Waals surface area (Å²) in [4.78, 5) is 24.0. The van der Waals surface area contributed by atoms with E-state index in [4.69, 9.17) is 9.47 Å². The number of hydrogen-bond acceptors (Lipinski definition) is 4. The van der Waals surface area contributed by atoms with E-state index in [2.05, 4.69) is 31.6 Å². The van der Waals surface area contributed by atoms with Gasteiger partial charge in [-0.1, -0.05) is 45.0 Å². The fourth-order valence-electron chi connectivity index (χ4n) is 2.61. The summed E-state index contributed by atoms with van der Waals surface area (Å²) < 4.78 is 11.0. The average Bonchev–Trinajstić information content (AvgIpc) is 2.76. The number of rotatable bonds is 9. The van der Waals surface area contributed by atoms with E-state index in [1.807, 2.05) is 48.5 Å². The standard InChI is InChI=1S/C23H30N2O4/c1-5-16(3)19-9-13-20(14-10-19)28-15-22(26)24-25-23(27)17(4)29-21-11-7-18(6-2)8-12-21/h7-14,16-17H,5-6,15H2,1-4H3,(H,24,26)(H,25,27)/t16-,17+/m1/s1. The van der Waals surface area contributed by atoms with Gasteiger partial charge in [0.05, 0.1) is 0 Å². The van der Waals surface area contributed by atoms with E-state index in [9.17, 15) is 9.59 Å². The first kappa shape index (κ1) is 22.3. The molecule has 0 heterocycles. The number of hydrazine groups is 1. The van der Waals surface area contributed by atoms with Crippen LogP contribution in [0.5, 0.6) is 11.5 Å². The fraction of sp³-hybridized carbons (Fsp3) is 0.391. The third kappa shape index (κ3) is 7.14. The number of benzene rings is 2. The van der Waals surface area contributed by atoms with Crippen molar-refractivity contribution in [1.29, 1.82) is 0 Å². The predicted octanol–water partition coefficient (Wildman–Crippen LogP) is 3.76. The summed E-state index contributed by atoms with van der Waals surface area (Å²) >= 11 is 0. The van der Waals surface area contributed by atoms with Crippen LogP contribution in [0.4, 0.5) is 0 Å². The molecule has 2 amide bonds. The summed E-state index contributed by atoms with van der Waals surface area (Å²) in [7, 11) is 0. The van der Waals surface area contributed by atoms with Gasteiger partial charge in [0.25, 0.3) is 11.8 Å². The molecule has 6 nitrogen and oxygen atoms in total. The van der Waals surface area contributed by atoms with Gasteiger partial charge in [-0.2, -0.15) is 0 Å². The number of nitrogens with one attached hydrogen (secondary N) is 2. The Labute approximate surface area is 172 Å². The lowest BCUT2D eigenvalue weighted by Gasteiger charge is -2.15. The van der Waals surface area contributed by atoms with Crippen LogP contribution in [0.1, 0.15) is 51.2 Å². The zero-order chi connectivity index (χ0) is 21.2. The van der Waals surface area contributed by atoms with E-state index in [0.717, 1.165) is 12.8 Å². The van der Waals surface area contributed by atoms with E-state index in [1.165, 1.54) is 11.1 Å². The lowest BCUT2D eigenvalue weighted by Crippen LogP contribution is -2.48. The SMILES string of the molecule is CCc1ccc(O[C@@H](C)C(=O)NNC(=O)COc2ccc([C@H](C)CC)cc2)cc1. The maximum absolute atomic E-state index is 12.1. The van der Waals surface area contributed by atoms with Crippen molar-refractivity contribution in [3.63, 3.8) is 0 Å². The highest BCUT2D eigenvalue weighted by molar-refractivity contribution is 5.85. The van der Waals surface area contributed by atoms with E-state index in [0.29, 0.717) is 17.4 Å². The quantitative estimate of drug-likeness (QED) is 0.631. The molecule has 0 saturated heterocycles. The summed E-state index contributed by atoms with van der Waals surface area (Å²) in [5, 5.41) is 0. The minimum atomic E-state index is -0.753. The first-order valence-electron chi connectivity index (χ1n) is 10.00. The van der Waals surface area contributed by atoms with Crippen LogP contribution < -0.4 is 20.3 Å². The Morgan fingerprint density at radius 1 is 0.897 bits per heavy atom. The van der Waals surface area contributed by atoms with Gasteiger partial charge in [0.1, 0.15) is 11.5 Å². The minimum Gasteiger partial charge on any atom is -0.484 e. The van der Waals surface area contributed by atoms with Crippen molar-refractivity contribution in [3.8, 4) is 11.5 Å². The Morgan fingerprint density at radius 3 is 2.10 bits per heavy atom. The fourth-order valence-corrected chi connectivity index (χ4v) is 2.61. The van der Waals surface area contributed by atoms with E-state index >= 15 is 0 Å². The normalized spacial score (nSPS) is 12.6. The molecule has 0 saturated carbocycles. The highest BCUT2D eigenvalue weighted by atomic mass is 16.5. The van der Waals surface area contributed by atoms with Crippen LogP contribution in [-0.2, 0) is 16.0 Å².